The van der Waals surface area contributed by atoms with Crippen molar-refractivity contribution in [2.24, 2.45) is 0 Å². The molecular weight excluding hydrogens is 357 g/mol. The van der Waals surface area contributed by atoms with Crippen LogP contribution in [-0.4, -0.2) is 25.3 Å². The topological polar surface area (TPSA) is 30.5 Å². The Morgan fingerprint density at radius 3 is 2.40 bits per heavy atom. The zero-order valence-corrected chi connectivity index (χ0v) is 17.9. The molecule has 142 valence electrons. The van der Waals surface area contributed by atoms with Crippen LogP contribution >= 0.6 is 23.5 Å². The van der Waals surface area contributed by atoms with Crippen molar-refractivity contribution in [3.63, 3.8) is 0 Å². The number of nitrogens with one attached hydrogen (secondary N) is 1. The lowest BCUT2D eigenvalue weighted by Crippen LogP contribution is -2.40. The molecule has 0 aliphatic heterocycles. The number of halogens is 2. The maximum atomic E-state index is 6.11. The zero-order valence-electron chi connectivity index (χ0n) is 16.4. The van der Waals surface area contributed by atoms with Crippen molar-refractivity contribution in [2.45, 2.75) is 65.0 Å². The van der Waals surface area contributed by atoms with Crippen molar-refractivity contribution in [3.8, 4) is 5.75 Å². The molecule has 25 heavy (non-hydrogen) atoms. The predicted molar refractivity (Wildman–Crippen MR) is 109 cm³/mol. The van der Waals surface area contributed by atoms with Crippen LogP contribution in [0.15, 0.2) is 18.2 Å². The van der Waals surface area contributed by atoms with E-state index in [1.807, 2.05) is 20.0 Å². The van der Waals surface area contributed by atoms with Crippen molar-refractivity contribution in [1.82, 2.24) is 5.32 Å². The van der Waals surface area contributed by atoms with Crippen LogP contribution in [-0.2, 0) is 4.74 Å². The van der Waals surface area contributed by atoms with E-state index in [9.17, 15) is 0 Å². The van der Waals surface area contributed by atoms with E-state index in [0.29, 0.717) is 10.8 Å². The largest absolute Gasteiger partial charge is 0.385 e. The second-order valence-electron chi connectivity index (χ2n) is 7.18. The van der Waals surface area contributed by atoms with Crippen molar-refractivity contribution < 1.29 is 9.03 Å². The molecular formula is C20H31Cl2NO2. The van der Waals surface area contributed by atoms with Gasteiger partial charge in [-0.1, -0.05) is 24.6 Å². The highest BCUT2D eigenvalue weighted by Gasteiger charge is 2.27. The Morgan fingerprint density at radius 1 is 1.28 bits per heavy atom. The first kappa shape index (κ1) is 22.3. The minimum absolute atomic E-state index is 0.111. The summed E-state index contributed by atoms with van der Waals surface area (Å²) in [5, 5.41) is 4.05. The molecule has 2 atom stereocenters. The molecule has 0 saturated carbocycles. The number of hydrogen-bond acceptors (Lipinski definition) is 3. The van der Waals surface area contributed by atoms with E-state index in [0.717, 1.165) is 36.0 Å². The molecule has 1 aromatic carbocycles. The van der Waals surface area contributed by atoms with Gasteiger partial charge in [-0.15, -0.1) is 0 Å². The van der Waals surface area contributed by atoms with Crippen LogP contribution in [0.25, 0.3) is 5.57 Å². The third-order valence-corrected chi connectivity index (χ3v) is 5.65. The molecule has 0 aromatic heterocycles. The highest BCUT2D eigenvalue weighted by atomic mass is 35.5. The number of likely N-dealkylation sites (N-methyl/N-ethyl adjacent to an activating group) is 1. The Labute approximate surface area is 162 Å². The predicted octanol–water partition coefficient (Wildman–Crippen LogP) is 6.16. The number of benzene rings is 1. The third kappa shape index (κ3) is 5.89. The van der Waals surface area contributed by atoms with Crippen molar-refractivity contribution in [3.05, 3.63) is 34.4 Å². The molecule has 0 aliphatic rings. The molecule has 0 bridgehead atoms. The standard InChI is InChI=1S/C20H31Cl2NO2/c1-8-20(5,24-7)10-9-19(4,23-6)13-15(3)18-14(2)11-16(21)12-17(18)25-22/h11-13,23H,8-10H2,1-7H3/b15-13+. The summed E-state index contributed by atoms with van der Waals surface area (Å²) in [5.41, 5.74) is 2.82. The van der Waals surface area contributed by atoms with Crippen LogP contribution < -0.4 is 9.61 Å². The van der Waals surface area contributed by atoms with E-state index in [-0.39, 0.29) is 11.1 Å². The first-order chi connectivity index (χ1) is 11.6. The van der Waals surface area contributed by atoms with Gasteiger partial charge in [0.2, 0.25) is 0 Å². The van der Waals surface area contributed by atoms with Gasteiger partial charge in [0.1, 0.15) is 11.9 Å². The Morgan fingerprint density at radius 2 is 1.92 bits per heavy atom. The Hall–Kier alpha value is -0.740. The molecule has 2 unspecified atom stereocenters. The van der Waals surface area contributed by atoms with Crippen molar-refractivity contribution >= 4 is 29.0 Å². The summed E-state index contributed by atoms with van der Waals surface area (Å²) >= 11 is 11.8. The molecule has 0 heterocycles. The fourth-order valence-corrected chi connectivity index (χ4v) is 3.43. The number of methoxy groups -OCH3 is 1. The number of ether oxygens (including phenoxy) is 1. The van der Waals surface area contributed by atoms with Crippen LogP contribution in [0.4, 0.5) is 0 Å². The molecule has 5 heteroatoms. The van der Waals surface area contributed by atoms with Crippen LogP contribution in [0.2, 0.25) is 5.02 Å². The van der Waals surface area contributed by atoms with Crippen molar-refractivity contribution in [1.29, 1.82) is 0 Å². The van der Waals surface area contributed by atoms with Gasteiger partial charge in [-0.05, 0) is 71.2 Å². The molecule has 0 fully saturated rings. The zero-order chi connectivity index (χ0) is 19.3. The smallest absolute Gasteiger partial charge is 0.155 e. The van der Waals surface area contributed by atoms with Gasteiger partial charge in [0.15, 0.2) is 5.75 Å². The highest BCUT2D eigenvalue weighted by Crippen LogP contribution is 2.35. The minimum Gasteiger partial charge on any atom is -0.385 e. The van der Waals surface area contributed by atoms with Gasteiger partial charge in [-0.2, -0.15) is 0 Å². The van der Waals surface area contributed by atoms with Gasteiger partial charge >= 0.3 is 0 Å². The average Bonchev–Trinajstić information content (AvgIpc) is 2.58. The summed E-state index contributed by atoms with van der Waals surface area (Å²) in [4.78, 5) is 0. The fraction of sp³-hybridized carbons (Fsp3) is 0.600. The lowest BCUT2D eigenvalue weighted by molar-refractivity contribution is -0.00923. The van der Waals surface area contributed by atoms with Gasteiger partial charge in [0.05, 0.1) is 5.60 Å². The quantitative estimate of drug-likeness (QED) is 0.550. The van der Waals surface area contributed by atoms with E-state index in [1.165, 1.54) is 0 Å². The average molecular weight is 388 g/mol. The molecule has 3 nitrogen and oxygen atoms in total. The van der Waals surface area contributed by atoms with Crippen LogP contribution in [0.3, 0.4) is 0 Å². The number of allylic oxidation sites excluding steroid dienone is 1. The maximum absolute atomic E-state index is 6.11. The van der Waals surface area contributed by atoms with E-state index < -0.39 is 0 Å². The number of hydrogen-bond donors (Lipinski definition) is 1. The monoisotopic (exact) mass is 387 g/mol. The third-order valence-electron chi connectivity index (χ3n) is 5.26. The van der Waals surface area contributed by atoms with Gasteiger partial charge in [-0.3, -0.25) is 0 Å². The summed E-state index contributed by atoms with van der Waals surface area (Å²) in [6.45, 7) is 10.6. The molecule has 0 spiro atoms. The fourth-order valence-electron chi connectivity index (χ4n) is 3.05. The molecule has 1 N–H and O–H groups in total. The van der Waals surface area contributed by atoms with E-state index in [4.69, 9.17) is 32.5 Å². The Bertz CT molecular complexity index is 612. The first-order valence-electron chi connectivity index (χ1n) is 8.66. The van der Waals surface area contributed by atoms with Crippen LogP contribution in [0.1, 0.15) is 58.1 Å². The lowest BCUT2D eigenvalue weighted by Gasteiger charge is -2.33. The molecule has 0 aliphatic carbocycles. The van der Waals surface area contributed by atoms with E-state index in [1.54, 1.807) is 13.2 Å². The second-order valence-corrected chi connectivity index (χ2v) is 7.77. The summed E-state index contributed by atoms with van der Waals surface area (Å²) in [6, 6.07) is 3.66. The first-order valence-corrected chi connectivity index (χ1v) is 9.35. The summed E-state index contributed by atoms with van der Waals surface area (Å²) < 4.78 is 10.7. The summed E-state index contributed by atoms with van der Waals surface area (Å²) in [6.07, 6.45) is 5.11. The number of rotatable bonds is 9. The van der Waals surface area contributed by atoms with Crippen molar-refractivity contribution in [2.75, 3.05) is 14.2 Å². The van der Waals surface area contributed by atoms with Gasteiger partial charge in [0.25, 0.3) is 0 Å². The van der Waals surface area contributed by atoms with Gasteiger partial charge in [-0.25, -0.2) is 0 Å². The number of aryl methyl sites for hydroxylation is 1. The van der Waals surface area contributed by atoms with Gasteiger partial charge < -0.3 is 14.3 Å². The summed E-state index contributed by atoms with van der Waals surface area (Å²) in [7, 11) is 3.76. The van der Waals surface area contributed by atoms with Crippen LogP contribution in [0, 0.1) is 6.92 Å². The van der Waals surface area contributed by atoms with E-state index in [2.05, 4.69) is 39.1 Å². The second kappa shape index (κ2) is 9.27. The molecule has 0 radical (unpaired) electrons. The Balaban J connectivity index is 3.16. The van der Waals surface area contributed by atoms with E-state index >= 15 is 0 Å². The highest BCUT2D eigenvalue weighted by molar-refractivity contribution is 6.31. The molecule has 0 amide bonds. The Kier molecular flexibility index (Phi) is 8.27. The van der Waals surface area contributed by atoms with Crippen LogP contribution in [0.5, 0.6) is 5.75 Å². The molecule has 1 aromatic rings. The van der Waals surface area contributed by atoms with Gasteiger partial charge in [0, 0.05) is 29.3 Å². The maximum Gasteiger partial charge on any atom is 0.155 e. The minimum atomic E-state index is -0.172. The molecule has 0 saturated heterocycles. The SMILES string of the molecule is CCC(C)(CCC(C)(/C=C(\C)c1c(C)cc(Cl)cc1OCl)NC)OC. The molecule has 1 rings (SSSR count). The lowest BCUT2D eigenvalue weighted by atomic mass is 9.85. The normalized spacial score (nSPS) is 17.1. The summed E-state index contributed by atoms with van der Waals surface area (Å²) in [5.74, 6) is 0.578.